The first-order chi connectivity index (χ1) is 10.1. The largest absolute Gasteiger partial charge is 0.481 e. The van der Waals surface area contributed by atoms with Crippen molar-refractivity contribution in [2.24, 2.45) is 11.8 Å². The van der Waals surface area contributed by atoms with E-state index in [0.29, 0.717) is 12.1 Å². The van der Waals surface area contributed by atoms with Crippen LogP contribution in [0.2, 0.25) is 0 Å². The van der Waals surface area contributed by atoms with Crippen LogP contribution in [0.1, 0.15) is 17.3 Å². The molecular formula is C16H16N2O3. The Morgan fingerprint density at radius 3 is 2.81 bits per heavy atom. The van der Waals surface area contributed by atoms with Crippen molar-refractivity contribution >= 4 is 22.6 Å². The average molecular weight is 284 g/mol. The van der Waals surface area contributed by atoms with Crippen molar-refractivity contribution in [1.29, 1.82) is 0 Å². The smallest absolute Gasteiger partial charge is 0.308 e. The van der Waals surface area contributed by atoms with Gasteiger partial charge in [-0.15, -0.1) is 0 Å². The lowest BCUT2D eigenvalue weighted by atomic mass is 9.99. The third kappa shape index (κ3) is 2.35. The van der Waals surface area contributed by atoms with Gasteiger partial charge in [0.25, 0.3) is 5.91 Å². The Morgan fingerprint density at radius 2 is 2.10 bits per heavy atom. The molecule has 0 aliphatic carbocycles. The highest BCUT2D eigenvalue weighted by Gasteiger charge is 2.37. The summed E-state index contributed by atoms with van der Waals surface area (Å²) in [5, 5.41) is 10.9. The van der Waals surface area contributed by atoms with E-state index in [9.17, 15) is 14.7 Å². The maximum absolute atomic E-state index is 12.7. The van der Waals surface area contributed by atoms with E-state index in [2.05, 4.69) is 4.98 Å². The first-order valence-electron chi connectivity index (χ1n) is 6.92. The van der Waals surface area contributed by atoms with E-state index < -0.39 is 11.9 Å². The number of hydrogen-bond donors (Lipinski definition) is 1. The number of fused-ring (bicyclic) bond motifs is 1. The number of carboxylic acid groups (broad SMARTS) is 1. The molecule has 0 unspecified atom stereocenters. The monoisotopic (exact) mass is 284 g/mol. The van der Waals surface area contributed by atoms with Gasteiger partial charge in [0.05, 0.1) is 5.92 Å². The number of carbonyl (C=O) groups excluding carboxylic acids is 1. The molecule has 1 aromatic heterocycles. The van der Waals surface area contributed by atoms with Crippen LogP contribution in [0.15, 0.2) is 36.7 Å². The van der Waals surface area contributed by atoms with Crippen molar-refractivity contribution in [3.63, 3.8) is 0 Å². The topological polar surface area (TPSA) is 70.5 Å². The highest BCUT2D eigenvalue weighted by molar-refractivity contribution is 6.07. The summed E-state index contributed by atoms with van der Waals surface area (Å²) in [4.78, 5) is 29.6. The summed E-state index contributed by atoms with van der Waals surface area (Å²) >= 11 is 0. The number of likely N-dealkylation sites (tertiary alicyclic amines) is 1. The van der Waals surface area contributed by atoms with Crippen LogP contribution >= 0.6 is 0 Å². The highest BCUT2D eigenvalue weighted by Crippen LogP contribution is 2.26. The summed E-state index contributed by atoms with van der Waals surface area (Å²) in [7, 11) is 0. The zero-order valence-electron chi connectivity index (χ0n) is 11.7. The van der Waals surface area contributed by atoms with Gasteiger partial charge in [-0.2, -0.15) is 0 Å². The van der Waals surface area contributed by atoms with Gasteiger partial charge in [-0.05, 0) is 23.4 Å². The Kier molecular flexibility index (Phi) is 3.33. The van der Waals surface area contributed by atoms with Gasteiger partial charge in [-0.3, -0.25) is 14.6 Å². The maximum Gasteiger partial charge on any atom is 0.308 e. The van der Waals surface area contributed by atoms with Crippen LogP contribution in [0.3, 0.4) is 0 Å². The molecule has 0 saturated carbocycles. The summed E-state index contributed by atoms with van der Waals surface area (Å²) in [5.41, 5.74) is 0.605. The van der Waals surface area contributed by atoms with Crippen LogP contribution in [-0.4, -0.2) is 40.0 Å². The Labute approximate surface area is 122 Å². The summed E-state index contributed by atoms with van der Waals surface area (Å²) in [6, 6.07) is 7.33. The van der Waals surface area contributed by atoms with Crippen LogP contribution in [0.5, 0.6) is 0 Å². The van der Waals surface area contributed by atoms with Gasteiger partial charge >= 0.3 is 5.97 Å². The Hall–Kier alpha value is -2.43. The van der Waals surface area contributed by atoms with E-state index in [4.69, 9.17) is 0 Å². The summed E-state index contributed by atoms with van der Waals surface area (Å²) in [6.45, 7) is 2.63. The number of rotatable bonds is 2. The fourth-order valence-corrected chi connectivity index (χ4v) is 2.93. The van der Waals surface area contributed by atoms with Crippen LogP contribution < -0.4 is 0 Å². The van der Waals surface area contributed by atoms with Crippen molar-refractivity contribution in [2.45, 2.75) is 6.92 Å². The third-order valence-corrected chi connectivity index (χ3v) is 4.13. The van der Waals surface area contributed by atoms with Gasteiger partial charge in [0.2, 0.25) is 0 Å². The molecule has 1 fully saturated rings. The second-order valence-electron chi connectivity index (χ2n) is 5.53. The molecule has 0 bridgehead atoms. The minimum Gasteiger partial charge on any atom is -0.481 e. The number of hydrogen-bond acceptors (Lipinski definition) is 3. The van der Waals surface area contributed by atoms with E-state index in [1.165, 1.54) is 0 Å². The number of amides is 1. The van der Waals surface area contributed by atoms with Crippen molar-refractivity contribution < 1.29 is 14.7 Å². The maximum atomic E-state index is 12.7. The predicted octanol–water partition coefficient (Wildman–Crippen LogP) is 2.03. The Morgan fingerprint density at radius 1 is 1.29 bits per heavy atom. The molecule has 1 aliphatic heterocycles. The number of pyridine rings is 1. The number of aromatic nitrogens is 1. The molecule has 1 amide bonds. The van der Waals surface area contributed by atoms with Gasteiger partial charge in [0.1, 0.15) is 0 Å². The Bertz CT molecular complexity index is 708. The van der Waals surface area contributed by atoms with Crippen LogP contribution in [0.25, 0.3) is 10.8 Å². The molecule has 2 heterocycles. The molecule has 108 valence electrons. The van der Waals surface area contributed by atoms with Gasteiger partial charge in [0, 0.05) is 36.4 Å². The zero-order chi connectivity index (χ0) is 15.0. The molecule has 0 radical (unpaired) electrons. The lowest BCUT2D eigenvalue weighted by Crippen LogP contribution is -2.30. The normalized spacial score (nSPS) is 21.7. The van der Waals surface area contributed by atoms with E-state index in [1.807, 2.05) is 25.1 Å². The molecule has 0 spiro atoms. The molecule has 1 N–H and O–H groups in total. The van der Waals surface area contributed by atoms with E-state index in [1.54, 1.807) is 23.4 Å². The van der Waals surface area contributed by atoms with Crippen LogP contribution in [0.4, 0.5) is 0 Å². The molecule has 21 heavy (non-hydrogen) atoms. The second kappa shape index (κ2) is 5.16. The Balaban J connectivity index is 1.93. The minimum atomic E-state index is -0.833. The average Bonchev–Trinajstić information content (AvgIpc) is 2.88. The fourth-order valence-electron chi connectivity index (χ4n) is 2.93. The van der Waals surface area contributed by atoms with Crippen LogP contribution in [0, 0.1) is 11.8 Å². The molecular weight excluding hydrogens is 268 g/mol. The third-order valence-electron chi connectivity index (χ3n) is 4.13. The summed E-state index contributed by atoms with van der Waals surface area (Å²) in [5.74, 6) is -1.45. The van der Waals surface area contributed by atoms with Crippen molar-refractivity contribution in [3.05, 3.63) is 42.2 Å². The van der Waals surface area contributed by atoms with Crippen LogP contribution in [-0.2, 0) is 4.79 Å². The van der Waals surface area contributed by atoms with E-state index in [0.717, 1.165) is 10.8 Å². The standard InChI is InChI=1S/C16H16N2O3/c1-10-8-18(9-14(10)16(20)21)15(19)13-4-2-3-11-7-17-6-5-12(11)13/h2-7,10,14H,8-9H2,1H3,(H,20,21)/t10-,14-/m1/s1. The SMILES string of the molecule is C[C@@H]1CN(C(=O)c2cccc3cnccc23)C[C@H]1C(=O)O. The van der Waals surface area contributed by atoms with Crippen molar-refractivity contribution in [1.82, 2.24) is 9.88 Å². The summed E-state index contributed by atoms with van der Waals surface area (Å²) in [6.07, 6.45) is 3.38. The van der Waals surface area contributed by atoms with Crippen molar-refractivity contribution in [2.75, 3.05) is 13.1 Å². The lowest BCUT2D eigenvalue weighted by Gasteiger charge is -2.17. The molecule has 5 heteroatoms. The molecule has 2 aromatic rings. The predicted molar refractivity (Wildman–Crippen MR) is 77.9 cm³/mol. The fraction of sp³-hybridized carbons (Fsp3) is 0.312. The van der Waals surface area contributed by atoms with Gasteiger partial charge in [0.15, 0.2) is 0 Å². The molecule has 1 aromatic carbocycles. The zero-order valence-corrected chi connectivity index (χ0v) is 11.7. The van der Waals surface area contributed by atoms with Gasteiger partial charge < -0.3 is 10.0 Å². The molecule has 5 nitrogen and oxygen atoms in total. The first kappa shape index (κ1) is 13.5. The van der Waals surface area contributed by atoms with Gasteiger partial charge in [-0.1, -0.05) is 19.1 Å². The number of nitrogens with zero attached hydrogens (tertiary/aromatic N) is 2. The molecule has 1 saturated heterocycles. The van der Waals surface area contributed by atoms with E-state index >= 15 is 0 Å². The number of carboxylic acids is 1. The molecule has 3 rings (SSSR count). The van der Waals surface area contributed by atoms with E-state index in [-0.39, 0.29) is 18.4 Å². The second-order valence-corrected chi connectivity index (χ2v) is 5.53. The highest BCUT2D eigenvalue weighted by atomic mass is 16.4. The minimum absolute atomic E-state index is 0.0249. The van der Waals surface area contributed by atoms with Gasteiger partial charge in [-0.25, -0.2) is 0 Å². The number of carbonyl (C=O) groups is 2. The first-order valence-corrected chi connectivity index (χ1v) is 6.92. The number of aliphatic carboxylic acids is 1. The molecule has 2 atom stereocenters. The summed E-state index contributed by atoms with van der Waals surface area (Å²) < 4.78 is 0. The lowest BCUT2D eigenvalue weighted by molar-refractivity contribution is -0.142. The molecule has 1 aliphatic rings. The number of benzene rings is 1. The quantitative estimate of drug-likeness (QED) is 0.916. The van der Waals surface area contributed by atoms with Crippen molar-refractivity contribution in [3.8, 4) is 0 Å².